The highest BCUT2D eigenvalue weighted by Gasteiger charge is 2.10. The van der Waals surface area contributed by atoms with Crippen LogP contribution in [0.25, 0.3) is 0 Å². The number of hydrogen-bond acceptors (Lipinski definition) is 3. The molecule has 0 bridgehead atoms. The van der Waals surface area contributed by atoms with Gasteiger partial charge in [0.25, 0.3) is 0 Å². The fourth-order valence-electron chi connectivity index (χ4n) is 2.17. The van der Waals surface area contributed by atoms with Gasteiger partial charge in [0.05, 0.1) is 0 Å². The molecule has 0 saturated heterocycles. The van der Waals surface area contributed by atoms with E-state index < -0.39 is 0 Å². The second-order valence-electron chi connectivity index (χ2n) is 4.74. The normalized spacial score (nSPS) is 12.3. The van der Waals surface area contributed by atoms with Crippen molar-refractivity contribution in [3.05, 3.63) is 59.2 Å². The molecule has 0 amide bonds. The maximum absolute atomic E-state index is 9.75. The van der Waals surface area contributed by atoms with E-state index in [4.69, 9.17) is 0 Å². The largest absolute Gasteiger partial charge is 0.504 e. The summed E-state index contributed by atoms with van der Waals surface area (Å²) in [6.45, 7) is 4.68. The van der Waals surface area contributed by atoms with Gasteiger partial charge in [0.15, 0.2) is 11.5 Å². The van der Waals surface area contributed by atoms with Crippen molar-refractivity contribution in [1.82, 2.24) is 5.32 Å². The molecule has 0 aliphatic heterocycles. The molecule has 3 heteroatoms. The lowest BCUT2D eigenvalue weighted by Crippen LogP contribution is -2.18. The fraction of sp³-hybridized carbons (Fsp3) is 0.250. The molecule has 0 spiro atoms. The molecule has 3 N–H and O–H groups in total. The predicted molar refractivity (Wildman–Crippen MR) is 76.2 cm³/mol. The number of para-hydroxylation sites is 1. The van der Waals surface area contributed by atoms with Crippen LogP contribution in [0.15, 0.2) is 42.5 Å². The molecule has 0 aliphatic carbocycles. The van der Waals surface area contributed by atoms with Crippen LogP contribution in [0, 0.1) is 6.92 Å². The predicted octanol–water partition coefficient (Wildman–Crippen LogP) is 3.26. The summed E-state index contributed by atoms with van der Waals surface area (Å²) < 4.78 is 0. The lowest BCUT2D eigenvalue weighted by Gasteiger charge is -2.17. The molecule has 0 aliphatic rings. The highest BCUT2D eigenvalue weighted by Crippen LogP contribution is 2.28. The highest BCUT2D eigenvalue weighted by atomic mass is 16.3. The van der Waals surface area contributed by atoms with E-state index in [1.165, 1.54) is 17.2 Å². The SMILES string of the molecule is Cc1ccccc1[C@H](C)NCc1cccc(O)c1O. The highest BCUT2D eigenvalue weighted by molar-refractivity contribution is 5.44. The summed E-state index contributed by atoms with van der Waals surface area (Å²) >= 11 is 0. The van der Waals surface area contributed by atoms with Crippen molar-refractivity contribution >= 4 is 0 Å². The van der Waals surface area contributed by atoms with Gasteiger partial charge >= 0.3 is 0 Å². The number of benzene rings is 2. The average molecular weight is 257 g/mol. The van der Waals surface area contributed by atoms with E-state index in [1.54, 1.807) is 12.1 Å². The molecule has 1 atom stereocenters. The third-order valence-corrected chi connectivity index (χ3v) is 3.35. The molecule has 0 saturated carbocycles. The molecule has 3 nitrogen and oxygen atoms in total. The van der Waals surface area contributed by atoms with Gasteiger partial charge in [-0.25, -0.2) is 0 Å². The summed E-state index contributed by atoms with van der Waals surface area (Å²) in [5, 5.41) is 22.5. The van der Waals surface area contributed by atoms with Crippen molar-refractivity contribution in [2.75, 3.05) is 0 Å². The van der Waals surface area contributed by atoms with E-state index in [2.05, 4.69) is 31.3 Å². The van der Waals surface area contributed by atoms with Gasteiger partial charge in [-0.05, 0) is 31.0 Å². The second kappa shape index (κ2) is 5.76. The van der Waals surface area contributed by atoms with Crippen LogP contribution in [-0.4, -0.2) is 10.2 Å². The molecule has 2 rings (SSSR count). The Hall–Kier alpha value is -2.00. The number of aromatic hydroxyl groups is 2. The smallest absolute Gasteiger partial charge is 0.161 e. The number of phenols is 2. The zero-order valence-electron chi connectivity index (χ0n) is 11.2. The first-order valence-electron chi connectivity index (χ1n) is 6.38. The standard InChI is InChI=1S/C16H19NO2/c1-11-6-3-4-8-14(11)12(2)17-10-13-7-5-9-15(18)16(13)19/h3-9,12,17-19H,10H2,1-2H3/t12-/m0/s1. The van der Waals surface area contributed by atoms with Gasteiger partial charge in [-0.2, -0.15) is 0 Å². The average Bonchev–Trinajstić information content (AvgIpc) is 2.40. The van der Waals surface area contributed by atoms with Crippen molar-refractivity contribution in [1.29, 1.82) is 0 Å². The maximum Gasteiger partial charge on any atom is 0.161 e. The molecule has 19 heavy (non-hydrogen) atoms. The van der Waals surface area contributed by atoms with Crippen molar-refractivity contribution in [3.8, 4) is 11.5 Å². The van der Waals surface area contributed by atoms with Gasteiger partial charge in [-0.3, -0.25) is 0 Å². The quantitative estimate of drug-likeness (QED) is 0.737. The van der Waals surface area contributed by atoms with Crippen LogP contribution < -0.4 is 5.32 Å². The van der Waals surface area contributed by atoms with Gasteiger partial charge in [0, 0.05) is 18.2 Å². The minimum atomic E-state index is -0.0807. The second-order valence-corrected chi connectivity index (χ2v) is 4.74. The van der Waals surface area contributed by atoms with Crippen molar-refractivity contribution in [2.24, 2.45) is 0 Å². The Kier molecular flexibility index (Phi) is 4.07. The molecular weight excluding hydrogens is 238 g/mol. The minimum Gasteiger partial charge on any atom is -0.504 e. The Morgan fingerprint density at radius 1 is 1.05 bits per heavy atom. The van der Waals surface area contributed by atoms with E-state index in [1.807, 2.05) is 12.1 Å². The Bertz CT molecular complexity index is 566. The van der Waals surface area contributed by atoms with Crippen molar-refractivity contribution < 1.29 is 10.2 Å². The molecule has 0 heterocycles. The first kappa shape index (κ1) is 13.4. The number of phenolic OH excluding ortho intramolecular Hbond substituents is 2. The molecule has 0 aromatic heterocycles. The summed E-state index contributed by atoms with van der Waals surface area (Å²) in [5.41, 5.74) is 3.17. The van der Waals surface area contributed by atoms with Crippen molar-refractivity contribution in [3.63, 3.8) is 0 Å². The van der Waals surface area contributed by atoms with Crippen LogP contribution in [0.1, 0.15) is 29.7 Å². The topological polar surface area (TPSA) is 52.5 Å². The van der Waals surface area contributed by atoms with Crippen LogP contribution in [0.4, 0.5) is 0 Å². The van der Waals surface area contributed by atoms with Crippen molar-refractivity contribution in [2.45, 2.75) is 26.4 Å². The summed E-state index contributed by atoms with van der Waals surface area (Å²) in [4.78, 5) is 0. The number of aryl methyl sites for hydroxylation is 1. The van der Waals surface area contributed by atoms with Gasteiger partial charge in [0.2, 0.25) is 0 Å². The number of rotatable bonds is 4. The van der Waals surface area contributed by atoms with Gasteiger partial charge < -0.3 is 15.5 Å². The van der Waals surface area contributed by atoms with Gasteiger partial charge in [0.1, 0.15) is 0 Å². The molecule has 2 aromatic carbocycles. The Morgan fingerprint density at radius 3 is 2.53 bits per heavy atom. The van der Waals surface area contributed by atoms with E-state index in [9.17, 15) is 10.2 Å². The third kappa shape index (κ3) is 3.06. The lowest BCUT2D eigenvalue weighted by molar-refractivity contribution is 0.396. The molecule has 100 valence electrons. The molecule has 0 radical (unpaired) electrons. The zero-order chi connectivity index (χ0) is 13.8. The van der Waals surface area contributed by atoms with Gasteiger partial charge in [-0.15, -0.1) is 0 Å². The van der Waals surface area contributed by atoms with E-state index in [0.29, 0.717) is 12.1 Å². The zero-order valence-corrected chi connectivity index (χ0v) is 11.2. The van der Waals surface area contributed by atoms with Crippen LogP contribution in [0.3, 0.4) is 0 Å². The third-order valence-electron chi connectivity index (χ3n) is 3.35. The summed E-state index contributed by atoms with van der Waals surface area (Å²) in [7, 11) is 0. The van der Waals surface area contributed by atoms with Gasteiger partial charge in [-0.1, -0.05) is 36.4 Å². The van der Waals surface area contributed by atoms with Crippen LogP contribution >= 0.6 is 0 Å². The van der Waals surface area contributed by atoms with Crippen LogP contribution in [0.5, 0.6) is 11.5 Å². The van der Waals surface area contributed by atoms with Crippen LogP contribution in [-0.2, 0) is 6.54 Å². The Labute approximate surface area is 113 Å². The first-order chi connectivity index (χ1) is 9.09. The first-order valence-corrected chi connectivity index (χ1v) is 6.38. The Morgan fingerprint density at radius 2 is 1.79 bits per heavy atom. The van der Waals surface area contributed by atoms with E-state index in [0.717, 1.165) is 0 Å². The maximum atomic E-state index is 9.75. The molecule has 0 fully saturated rings. The molecular formula is C16H19NO2. The monoisotopic (exact) mass is 257 g/mol. The molecule has 0 unspecified atom stereocenters. The summed E-state index contributed by atoms with van der Waals surface area (Å²) in [6, 6.07) is 13.4. The van der Waals surface area contributed by atoms with E-state index >= 15 is 0 Å². The summed E-state index contributed by atoms with van der Waals surface area (Å²) in [6.07, 6.45) is 0. The number of hydrogen-bond donors (Lipinski definition) is 3. The number of nitrogens with one attached hydrogen (secondary N) is 1. The summed E-state index contributed by atoms with van der Waals surface area (Å²) in [5.74, 6) is -0.130. The lowest BCUT2D eigenvalue weighted by atomic mass is 10.0. The minimum absolute atomic E-state index is 0.0491. The van der Waals surface area contributed by atoms with E-state index in [-0.39, 0.29) is 17.5 Å². The Balaban J connectivity index is 2.07. The molecule has 2 aromatic rings. The van der Waals surface area contributed by atoms with Crippen LogP contribution in [0.2, 0.25) is 0 Å². The fourth-order valence-corrected chi connectivity index (χ4v) is 2.17.